The molecule has 1 unspecified atom stereocenters. The third kappa shape index (κ3) is 5.02. The van der Waals surface area contributed by atoms with Crippen molar-refractivity contribution in [3.05, 3.63) is 11.8 Å². The lowest BCUT2D eigenvalue weighted by Crippen LogP contribution is -2.19. The maximum absolute atomic E-state index is 11.8. The van der Waals surface area contributed by atoms with E-state index in [4.69, 9.17) is 23.5 Å². The number of carbonyl (C=O) groups is 1. The summed E-state index contributed by atoms with van der Waals surface area (Å²) < 4.78 is 25.5. The summed E-state index contributed by atoms with van der Waals surface area (Å²) in [5.74, 6) is -0.0610. The van der Waals surface area contributed by atoms with E-state index in [2.05, 4.69) is 5.16 Å². The van der Waals surface area contributed by atoms with Crippen LogP contribution in [0.2, 0.25) is 0 Å². The van der Waals surface area contributed by atoms with Crippen molar-refractivity contribution in [1.82, 2.24) is 5.16 Å². The fourth-order valence-electron chi connectivity index (χ4n) is 1.92. The molecule has 0 bridgehead atoms. The predicted molar refractivity (Wildman–Crippen MR) is 74.0 cm³/mol. The van der Waals surface area contributed by atoms with Crippen molar-refractivity contribution >= 4 is 5.97 Å². The lowest BCUT2D eigenvalue weighted by molar-refractivity contribution is -0.144. The van der Waals surface area contributed by atoms with Gasteiger partial charge in [0, 0.05) is 26.7 Å². The van der Waals surface area contributed by atoms with Crippen LogP contribution < -0.4 is 4.74 Å². The van der Waals surface area contributed by atoms with Gasteiger partial charge < -0.3 is 23.5 Å². The number of esters is 1. The third-order valence-electron chi connectivity index (χ3n) is 3.06. The van der Waals surface area contributed by atoms with E-state index >= 15 is 0 Å². The van der Waals surface area contributed by atoms with E-state index in [0.717, 1.165) is 0 Å². The van der Waals surface area contributed by atoms with Gasteiger partial charge in [-0.05, 0) is 11.1 Å². The van der Waals surface area contributed by atoms with Crippen LogP contribution in [0.25, 0.3) is 0 Å². The molecule has 7 nitrogen and oxygen atoms in total. The summed E-state index contributed by atoms with van der Waals surface area (Å²) in [4.78, 5) is 11.8. The van der Waals surface area contributed by atoms with Gasteiger partial charge in [0.25, 0.3) is 5.88 Å². The number of ether oxygens (including phenoxy) is 4. The molecule has 1 aromatic rings. The second kappa shape index (κ2) is 8.63. The minimum atomic E-state index is -0.495. The van der Waals surface area contributed by atoms with Gasteiger partial charge in [-0.15, -0.1) is 0 Å². The highest BCUT2D eigenvalue weighted by Crippen LogP contribution is 2.28. The molecule has 1 rings (SSSR count). The molecule has 0 fully saturated rings. The molecule has 21 heavy (non-hydrogen) atoms. The Morgan fingerprint density at radius 1 is 1.29 bits per heavy atom. The lowest BCUT2D eigenvalue weighted by atomic mass is 9.93. The molecule has 0 aliphatic carbocycles. The zero-order valence-electron chi connectivity index (χ0n) is 13.1. The normalized spacial score (nSPS) is 12.7. The molecular weight excluding hydrogens is 278 g/mol. The molecular formula is C14H23NO6. The first-order valence-electron chi connectivity index (χ1n) is 6.76. The van der Waals surface area contributed by atoms with Crippen molar-refractivity contribution in [1.29, 1.82) is 0 Å². The minimum absolute atomic E-state index is 0.0320. The van der Waals surface area contributed by atoms with Crippen LogP contribution in [-0.4, -0.2) is 45.4 Å². The Morgan fingerprint density at radius 2 is 1.95 bits per heavy atom. The van der Waals surface area contributed by atoms with Gasteiger partial charge in [0.2, 0.25) is 0 Å². The SMILES string of the molecule is COC(=O)C(c1cc(OCCC(OC)OC)no1)C(C)C. The van der Waals surface area contributed by atoms with Crippen LogP contribution >= 0.6 is 0 Å². The van der Waals surface area contributed by atoms with Gasteiger partial charge in [0.05, 0.1) is 13.7 Å². The maximum atomic E-state index is 11.8. The van der Waals surface area contributed by atoms with E-state index < -0.39 is 5.92 Å². The summed E-state index contributed by atoms with van der Waals surface area (Å²) in [5, 5.41) is 3.80. The van der Waals surface area contributed by atoms with Crippen LogP contribution in [0, 0.1) is 5.92 Å². The zero-order valence-corrected chi connectivity index (χ0v) is 13.1. The van der Waals surface area contributed by atoms with Crippen LogP contribution in [0.5, 0.6) is 5.88 Å². The molecule has 0 aliphatic rings. The summed E-state index contributed by atoms with van der Waals surface area (Å²) in [6.07, 6.45) is 0.231. The lowest BCUT2D eigenvalue weighted by Gasteiger charge is -2.14. The highest BCUT2D eigenvalue weighted by molar-refractivity contribution is 5.77. The van der Waals surface area contributed by atoms with Gasteiger partial charge in [-0.3, -0.25) is 4.79 Å². The van der Waals surface area contributed by atoms with E-state index in [1.165, 1.54) is 7.11 Å². The Hall–Kier alpha value is -1.60. The van der Waals surface area contributed by atoms with Gasteiger partial charge in [-0.1, -0.05) is 13.8 Å². The standard InChI is InChI=1S/C14H23NO6/c1-9(2)13(14(16)19-5)10-8-11(15-21-10)20-7-6-12(17-3)18-4/h8-9,12-13H,6-7H2,1-5H3. The molecule has 0 N–H and O–H groups in total. The molecule has 0 saturated carbocycles. The van der Waals surface area contributed by atoms with E-state index in [-0.39, 0.29) is 18.2 Å². The molecule has 1 heterocycles. The van der Waals surface area contributed by atoms with Crippen molar-refractivity contribution in [3.8, 4) is 5.88 Å². The number of methoxy groups -OCH3 is 3. The van der Waals surface area contributed by atoms with Crippen molar-refractivity contribution in [2.75, 3.05) is 27.9 Å². The number of aromatic nitrogens is 1. The first-order chi connectivity index (χ1) is 10.0. The Balaban J connectivity index is 2.61. The highest BCUT2D eigenvalue weighted by Gasteiger charge is 2.29. The fraction of sp³-hybridized carbons (Fsp3) is 0.714. The van der Waals surface area contributed by atoms with E-state index in [0.29, 0.717) is 24.7 Å². The van der Waals surface area contributed by atoms with Crippen LogP contribution in [0.1, 0.15) is 31.9 Å². The second-order valence-corrected chi connectivity index (χ2v) is 4.85. The quantitative estimate of drug-likeness (QED) is 0.509. The predicted octanol–water partition coefficient (Wildman–Crippen LogP) is 1.97. The number of hydrogen-bond acceptors (Lipinski definition) is 7. The summed E-state index contributed by atoms with van der Waals surface area (Å²) in [5.41, 5.74) is 0. The van der Waals surface area contributed by atoms with E-state index in [1.807, 2.05) is 13.8 Å². The smallest absolute Gasteiger partial charge is 0.316 e. The largest absolute Gasteiger partial charge is 0.475 e. The topological polar surface area (TPSA) is 80.0 Å². The van der Waals surface area contributed by atoms with Gasteiger partial charge in [0.15, 0.2) is 12.1 Å². The van der Waals surface area contributed by atoms with Crippen LogP contribution in [0.15, 0.2) is 10.6 Å². The molecule has 0 saturated heterocycles. The van der Waals surface area contributed by atoms with Crippen LogP contribution in [-0.2, 0) is 19.0 Å². The Morgan fingerprint density at radius 3 is 2.48 bits per heavy atom. The molecule has 0 aromatic carbocycles. The summed E-state index contributed by atoms with van der Waals surface area (Å²) in [6, 6.07) is 1.61. The van der Waals surface area contributed by atoms with Crippen molar-refractivity contribution < 1.29 is 28.3 Å². The van der Waals surface area contributed by atoms with Gasteiger partial charge in [-0.2, -0.15) is 0 Å². The molecule has 0 spiro atoms. The van der Waals surface area contributed by atoms with Crippen molar-refractivity contribution in [2.45, 2.75) is 32.5 Å². The molecule has 1 aromatic heterocycles. The number of nitrogens with zero attached hydrogens (tertiary/aromatic N) is 1. The Kier molecular flexibility index (Phi) is 7.18. The highest BCUT2D eigenvalue weighted by atomic mass is 16.7. The van der Waals surface area contributed by atoms with Gasteiger partial charge in [0.1, 0.15) is 5.92 Å². The Labute approximate surface area is 124 Å². The molecule has 1 atom stereocenters. The van der Waals surface area contributed by atoms with Crippen LogP contribution in [0.3, 0.4) is 0 Å². The molecule has 0 amide bonds. The molecule has 7 heteroatoms. The second-order valence-electron chi connectivity index (χ2n) is 4.85. The maximum Gasteiger partial charge on any atom is 0.316 e. The zero-order chi connectivity index (χ0) is 15.8. The number of rotatable bonds is 9. The van der Waals surface area contributed by atoms with E-state index in [1.54, 1.807) is 20.3 Å². The third-order valence-corrected chi connectivity index (χ3v) is 3.06. The van der Waals surface area contributed by atoms with Crippen molar-refractivity contribution in [2.24, 2.45) is 5.92 Å². The molecule has 0 radical (unpaired) electrons. The average molecular weight is 301 g/mol. The molecule has 0 aliphatic heterocycles. The number of carbonyl (C=O) groups excluding carboxylic acids is 1. The Bertz CT molecular complexity index is 427. The summed E-state index contributed by atoms with van der Waals surface area (Å²) in [7, 11) is 4.47. The minimum Gasteiger partial charge on any atom is -0.475 e. The van der Waals surface area contributed by atoms with Gasteiger partial charge >= 0.3 is 5.97 Å². The average Bonchev–Trinajstić information content (AvgIpc) is 2.91. The fourth-order valence-corrected chi connectivity index (χ4v) is 1.92. The van der Waals surface area contributed by atoms with Crippen LogP contribution in [0.4, 0.5) is 0 Å². The summed E-state index contributed by atoms with van der Waals surface area (Å²) in [6.45, 7) is 4.18. The van der Waals surface area contributed by atoms with Gasteiger partial charge in [-0.25, -0.2) is 0 Å². The molecule has 120 valence electrons. The first-order valence-corrected chi connectivity index (χ1v) is 6.76. The van der Waals surface area contributed by atoms with Crippen molar-refractivity contribution in [3.63, 3.8) is 0 Å². The van der Waals surface area contributed by atoms with E-state index in [9.17, 15) is 4.79 Å². The monoisotopic (exact) mass is 301 g/mol. The first kappa shape index (κ1) is 17.5. The summed E-state index contributed by atoms with van der Waals surface area (Å²) >= 11 is 0. The number of hydrogen-bond donors (Lipinski definition) is 0.